The summed E-state index contributed by atoms with van der Waals surface area (Å²) in [4.78, 5) is 12.6. The number of ether oxygens (including phenoxy) is 1. The van der Waals surface area contributed by atoms with Crippen LogP contribution in [0.1, 0.15) is 50.9 Å². The summed E-state index contributed by atoms with van der Waals surface area (Å²) in [6.45, 7) is 7.47. The second-order valence-corrected chi connectivity index (χ2v) is 8.27. The Hall–Kier alpha value is -1.91. The number of esters is 1. The highest BCUT2D eigenvalue weighted by Gasteiger charge is 2.53. The number of hydrogen-bond acceptors (Lipinski definition) is 4. The van der Waals surface area contributed by atoms with E-state index in [2.05, 4.69) is 19.1 Å². The Morgan fingerprint density at radius 1 is 1.27 bits per heavy atom. The molecule has 2 aliphatic carbocycles. The van der Waals surface area contributed by atoms with Gasteiger partial charge >= 0.3 is 5.97 Å². The van der Waals surface area contributed by atoms with Crippen LogP contribution in [0.15, 0.2) is 53.8 Å². The Bertz CT molecular complexity index is 741. The van der Waals surface area contributed by atoms with E-state index in [1.54, 1.807) is 38.1 Å². The molecule has 0 heterocycles. The van der Waals surface area contributed by atoms with Gasteiger partial charge in [-0.25, -0.2) is 4.79 Å². The largest absolute Gasteiger partial charge is 0.427 e. The minimum atomic E-state index is -1.08. The number of aliphatic hydroxyl groups is 2. The Kier molecular flexibility index (Phi) is 4.84. The Morgan fingerprint density at radius 2 is 1.92 bits per heavy atom. The summed E-state index contributed by atoms with van der Waals surface area (Å²) < 4.78 is 5.82. The lowest BCUT2D eigenvalue weighted by molar-refractivity contribution is -0.108. The molecule has 4 nitrogen and oxygen atoms in total. The van der Waals surface area contributed by atoms with Crippen LogP contribution in [0.3, 0.4) is 0 Å². The Labute approximate surface area is 155 Å². The number of fused-ring (bicyclic) bond motifs is 1. The molecule has 2 N–H and O–H groups in total. The molecule has 1 aromatic carbocycles. The monoisotopic (exact) mass is 356 g/mol. The summed E-state index contributed by atoms with van der Waals surface area (Å²) in [7, 11) is 0. The SMILES string of the molecule is C[C@@H]1C=CCC2=C(OC(=O)c3ccccc3)C[C@@H](C(C)(C)O)[C@@H](O)[C@]21C. The van der Waals surface area contributed by atoms with Gasteiger partial charge in [-0.1, -0.05) is 44.2 Å². The highest BCUT2D eigenvalue weighted by atomic mass is 16.5. The first kappa shape index (κ1) is 18.9. The van der Waals surface area contributed by atoms with Crippen molar-refractivity contribution in [1.29, 1.82) is 0 Å². The van der Waals surface area contributed by atoms with Gasteiger partial charge in [0.15, 0.2) is 0 Å². The molecule has 0 unspecified atom stereocenters. The van der Waals surface area contributed by atoms with Crippen LogP contribution in [0.2, 0.25) is 0 Å². The van der Waals surface area contributed by atoms with Crippen LogP contribution in [-0.4, -0.2) is 27.9 Å². The summed E-state index contributed by atoms with van der Waals surface area (Å²) in [5.41, 5.74) is -0.194. The molecule has 0 aromatic heterocycles. The van der Waals surface area contributed by atoms with Gasteiger partial charge in [0.1, 0.15) is 5.76 Å². The first-order valence-corrected chi connectivity index (χ1v) is 9.22. The lowest BCUT2D eigenvalue weighted by Crippen LogP contribution is -2.54. The average Bonchev–Trinajstić information content (AvgIpc) is 2.59. The van der Waals surface area contributed by atoms with Gasteiger partial charge in [0.2, 0.25) is 0 Å². The van der Waals surface area contributed by atoms with Crippen LogP contribution in [0.4, 0.5) is 0 Å². The normalized spacial score (nSPS) is 31.5. The van der Waals surface area contributed by atoms with Crippen molar-refractivity contribution < 1.29 is 19.7 Å². The lowest BCUT2D eigenvalue weighted by atomic mass is 9.56. The first-order valence-electron chi connectivity index (χ1n) is 9.22. The van der Waals surface area contributed by atoms with Crippen molar-refractivity contribution in [2.75, 3.05) is 0 Å². The van der Waals surface area contributed by atoms with E-state index in [1.807, 2.05) is 13.0 Å². The number of carbonyl (C=O) groups excluding carboxylic acids is 1. The fourth-order valence-corrected chi connectivity index (χ4v) is 4.28. The van der Waals surface area contributed by atoms with E-state index in [9.17, 15) is 15.0 Å². The number of aliphatic hydroxyl groups excluding tert-OH is 1. The third kappa shape index (κ3) is 3.12. The molecule has 0 saturated heterocycles. The molecule has 0 saturated carbocycles. The van der Waals surface area contributed by atoms with Crippen LogP contribution in [0.5, 0.6) is 0 Å². The molecule has 26 heavy (non-hydrogen) atoms. The van der Waals surface area contributed by atoms with Gasteiger partial charge in [-0.2, -0.15) is 0 Å². The van der Waals surface area contributed by atoms with Crippen molar-refractivity contribution in [3.63, 3.8) is 0 Å². The van der Waals surface area contributed by atoms with E-state index in [4.69, 9.17) is 4.74 Å². The lowest BCUT2D eigenvalue weighted by Gasteiger charge is -2.52. The maximum Gasteiger partial charge on any atom is 0.343 e. The van der Waals surface area contributed by atoms with Crippen LogP contribution in [-0.2, 0) is 4.74 Å². The van der Waals surface area contributed by atoms with E-state index < -0.39 is 29.0 Å². The zero-order valence-corrected chi connectivity index (χ0v) is 15.9. The van der Waals surface area contributed by atoms with Crippen LogP contribution in [0, 0.1) is 17.3 Å². The molecule has 0 aliphatic heterocycles. The van der Waals surface area contributed by atoms with Crippen LogP contribution in [0.25, 0.3) is 0 Å². The molecule has 0 radical (unpaired) electrons. The summed E-state index contributed by atoms with van der Waals surface area (Å²) in [5.74, 6) is -0.140. The molecule has 0 amide bonds. The molecule has 4 atom stereocenters. The van der Waals surface area contributed by atoms with Crippen LogP contribution >= 0.6 is 0 Å². The molecular weight excluding hydrogens is 328 g/mol. The minimum Gasteiger partial charge on any atom is -0.427 e. The van der Waals surface area contributed by atoms with E-state index in [1.165, 1.54) is 0 Å². The van der Waals surface area contributed by atoms with Crippen molar-refractivity contribution >= 4 is 5.97 Å². The van der Waals surface area contributed by atoms with E-state index in [0.29, 0.717) is 24.2 Å². The van der Waals surface area contributed by atoms with Crippen molar-refractivity contribution in [3.05, 3.63) is 59.4 Å². The molecule has 140 valence electrons. The fourth-order valence-electron chi connectivity index (χ4n) is 4.28. The number of allylic oxidation sites excluding steroid dienone is 3. The first-order chi connectivity index (χ1) is 12.2. The minimum absolute atomic E-state index is 0.0804. The Morgan fingerprint density at radius 3 is 2.54 bits per heavy atom. The van der Waals surface area contributed by atoms with Gasteiger partial charge in [0.05, 0.1) is 17.3 Å². The molecule has 2 aliphatic rings. The predicted octanol–water partition coefficient (Wildman–Crippen LogP) is 3.85. The van der Waals surface area contributed by atoms with Gasteiger partial charge in [-0.05, 0) is 43.9 Å². The van der Waals surface area contributed by atoms with Crippen molar-refractivity contribution in [1.82, 2.24) is 0 Å². The molecule has 0 bridgehead atoms. The zero-order chi connectivity index (χ0) is 19.1. The molecule has 3 rings (SSSR count). The number of hydrogen-bond donors (Lipinski definition) is 2. The molecule has 0 fully saturated rings. The number of carbonyl (C=O) groups is 1. The predicted molar refractivity (Wildman–Crippen MR) is 100 cm³/mol. The van der Waals surface area contributed by atoms with Crippen molar-refractivity contribution in [2.24, 2.45) is 17.3 Å². The Balaban J connectivity index is 2.03. The van der Waals surface area contributed by atoms with Gasteiger partial charge in [0, 0.05) is 17.8 Å². The molecule has 4 heteroatoms. The highest BCUT2D eigenvalue weighted by molar-refractivity contribution is 5.90. The molecule has 1 aromatic rings. The quantitative estimate of drug-likeness (QED) is 0.638. The summed E-state index contributed by atoms with van der Waals surface area (Å²) >= 11 is 0. The fraction of sp³-hybridized carbons (Fsp3) is 0.500. The maximum absolute atomic E-state index is 12.6. The summed E-state index contributed by atoms with van der Waals surface area (Å²) in [6, 6.07) is 8.90. The molecule has 0 spiro atoms. The third-order valence-corrected chi connectivity index (χ3v) is 6.21. The van der Waals surface area contributed by atoms with Gasteiger partial charge in [-0.15, -0.1) is 0 Å². The third-order valence-electron chi connectivity index (χ3n) is 6.21. The molecular formula is C22H28O4. The second kappa shape index (κ2) is 6.67. The number of benzene rings is 1. The van der Waals surface area contributed by atoms with Crippen LogP contribution < -0.4 is 0 Å². The smallest absolute Gasteiger partial charge is 0.343 e. The standard InChI is InChI=1S/C22H28O4/c1-14-9-8-12-16-18(26-20(24)15-10-6-5-7-11-15)13-17(21(2,3)25)19(23)22(14,16)4/h5-11,14,17,19,23,25H,12-13H2,1-4H3/t14-,17-,19-,22+/m1/s1. The van der Waals surface area contributed by atoms with Gasteiger partial charge in [-0.3, -0.25) is 0 Å². The maximum atomic E-state index is 12.6. The summed E-state index contributed by atoms with van der Waals surface area (Å²) in [6.07, 6.45) is 4.44. The van der Waals surface area contributed by atoms with E-state index in [-0.39, 0.29) is 5.92 Å². The van der Waals surface area contributed by atoms with E-state index in [0.717, 1.165) is 5.57 Å². The van der Waals surface area contributed by atoms with E-state index >= 15 is 0 Å². The average molecular weight is 356 g/mol. The topological polar surface area (TPSA) is 66.8 Å². The number of rotatable bonds is 3. The van der Waals surface area contributed by atoms with Crippen molar-refractivity contribution in [2.45, 2.75) is 52.2 Å². The highest BCUT2D eigenvalue weighted by Crippen LogP contribution is 2.54. The van der Waals surface area contributed by atoms with Crippen molar-refractivity contribution in [3.8, 4) is 0 Å². The van der Waals surface area contributed by atoms with Gasteiger partial charge in [0.25, 0.3) is 0 Å². The van der Waals surface area contributed by atoms with Gasteiger partial charge < -0.3 is 14.9 Å². The zero-order valence-electron chi connectivity index (χ0n) is 15.9. The second-order valence-electron chi connectivity index (χ2n) is 8.27. The summed E-state index contributed by atoms with van der Waals surface area (Å²) in [5, 5.41) is 21.8.